The van der Waals surface area contributed by atoms with Crippen LogP contribution in [-0.2, 0) is 4.79 Å². The number of nitrogens with one attached hydrogen (secondary N) is 3. The van der Waals surface area contributed by atoms with Crippen LogP contribution in [0.5, 0.6) is 0 Å². The highest BCUT2D eigenvalue weighted by Gasteiger charge is 2.21. The van der Waals surface area contributed by atoms with Crippen molar-refractivity contribution in [2.75, 3.05) is 31.5 Å². The minimum atomic E-state index is -0.391. The van der Waals surface area contributed by atoms with Crippen LogP contribution in [0.2, 0.25) is 0 Å². The third-order valence-corrected chi connectivity index (χ3v) is 6.33. The first-order valence-electron chi connectivity index (χ1n) is 12.2. The van der Waals surface area contributed by atoms with Gasteiger partial charge in [-0.15, -0.1) is 0 Å². The third kappa shape index (κ3) is 6.14. The monoisotopic (exact) mass is 475 g/mol. The van der Waals surface area contributed by atoms with Crippen molar-refractivity contribution in [2.45, 2.75) is 33.6 Å². The SMILES string of the molecule is CC(=O)Nc1ccccc1-c1nc2ccc(C(=O)NCCCN3C[C@H](C)C[C@H](C)C3)cc2[nH]c1=O. The molecule has 4 rings (SSSR count). The first-order valence-corrected chi connectivity index (χ1v) is 12.2. The molecule has 0 unspecified atom stereocenters. The number of benzene rings is 2. The number of para-hydroxylation sites is 1. The van der Waals surface area contributed by atoms with E-state index in [0.29, 0.717) is 34.4 Å². The van der Waals surface area contributed by atoms with Gasteiger partial charge in [-0.1, -0.05) is 32.0 Å². The van der Waals surface area contributed by atoms with E-state index in [-0.39, 0.29) is 17.5 Å². The second-order valence-electron chi connectivity index (χ2n) is 9.69. The van der Waals surface area contributed by atoms with Crippen LogP contribution in [0.4, 0.5) is 5.69 Å². The number of H-pyrrole nitrogens is 1. The number of carbonyl (C=O) groups excluding carboxylic acids is 2. The van der Waals surface area contributed by atoms with E-state index in [1.165, 1.54) is 13.3 Å². The maximum atomic E-state index is 12.8. The van der Waals surface area contributed by atoms with Crippen LogP contribution in [0.3, 0.4) is 0 Å². The van der Waals surface area contributed by atoms with Crippen LogP contribution in [0.25, 0.3) is 22.3 Å². The number of fused-ring (bicyclic) bond motifs is 1. The fourth-order valence-electron chi connectivity index (χ4n) is 4.98. The number of piperidine rings is 1. The fourth-order valence-corrected chi connectivity index (χ4v) is 4.98. The van der Waals surface area contributed by atoms with Crippen molar-refractivity contribution in [3.8, 4) is 11.3 Å². The van der Waals surface area contributed by atoms with E-state index >= 15 is 0 Å². The summed E-state index contributed by atoms with van der Waals surface area (Å²) in [7, 11) is 0. The van der Waals surface area contributed by atoms with E-state index < -0.39 is 5.56 Å². The average molecular weight is 476 g/mol. The predicted octanol–water partition coefficient (Wildman–Crippen LogP) is 3.65. The highest BCUT2D eigenvalue weighted by Crippen LogP contribution is 2.25. The lowest BCUT2D eigenvalue weighted by atomic mass is 9.92. The molecule has 3 N–H and O–H groups in total. The zero-order chi connectivity index (χ0) is 24.9. The first kappa shape index (κ1) is 24.6. The van der Waals surface area contributed by atoms with Crippen molar-refractivity contribution in [1.82, 2.24) is 20.2 Å². The van der Waals surface area contributed by atoms with Crippen LogP contribution in [-0.4, -0.2) is 52.9 Å². The van der Waals surface area contributed by atoms with Gasteiger partial charge in [-0.3, -0.25) is 14.4 Å². The van der Waals surface area contributed by atoms with E-state index in [4.69, 9.17) is 0 Å². The van der Waals surface area contributed by atoms with Crippen LogP contribution in [0.1, 0.15) is 44.0 Å². The van der Waals surface area contributed by atoms with Gasteiger partial charge in [-0.25, -0.2) is 4.98 Å². The largest absolute Gasteiger partial charge is 0.352 e. The third-order valence-electron chi connectivity index (χ3n) is 6.33. The van der Waals surface area contributed by atoms with E-state index in [1.54, 1.807) is 42.5 Å². The Balaban J connectivity index is 1.43. The van der Waals surface area contributed by atoms with Gasteiger partial charge < -0.3 is 20.5 Å². The number of aromatic nitrogens is 2. The van der Waals surface area contributed by atoms with Crippen LogP contribution in [0, 0.1) is 11.8 Å². The maximum absolute atomic E-state index is 12.8. The molecule has 1 aromatic heterocycles. The van der Waals surface area contributed by atoms with Crippen molar-refractivity contribution >= 4 is 28.5 Å². The summed E-state index contributed by atoms with van der Waals surface area (Å²) in [5.41, 5.74) is 2.38. The molecule has 1 saturated heterocycles. The minimum absolute atomic E-state index is 0.173. The molecular weight excluding hydrogens is 442 g/mol. The molecule has 0 spiro atoms. The zero-order valence-corrected chi connectivity index (χ0v) is 20.6. The number of likely N-dealkylation sites (tertiary alicyclic amines) is 1. The van der Waals surface area contributed by atoms with Crippen molar-refractivity contribution in [2.24, 2.45) is 11.8 Å². The number of amides is 2. The molecule has 0 saturated carbocycles. The van der Waals surface area contributed by atoms with Crippen LogP contribution in [0.15, 0.2) is 47.3 Å². The Bertz CT molecular complexity index is 1280. The van der Waals surface area contributed by atoms with Gasteiger partial charge in [-0.05, 0) is 55.5 Å². The lowest BCUT2D eigenvalue weighted by molar-refractivity contribution is -0.114. The number of rotatable bonds is 7. The van der Waals surface area contributed by atoms with Gasteiger partial charge in [0.15, 0.2) is 0 Å². The van der Waals surface area contributed by atoms with E-state index in [9.17, 15) is 14.4 Å². The molecule has 8 nitrogen and oxygen atoms in total. The maximum Gasteiger partial charge on any atom is 0.275 e. The molecule has 2 aromatic carbocycles. The summed E-state index contributed by atoms with van der Waals surface area (Å²) in [5, 5.41) is 5.72. The fraction of sp³-hybridized carbons (Fsp3) is 0.407. The van der Waals surface area contributed by atoms with Crippen molar-refractivity contribution in [1.29, 1.82) is 0 Å². The number of aromatic amines is 1. The second kappa shape index (κ2) is 10.8. The van der Waals surface area contributed by atoms with E-state index in [0.717, 1.165) is 37.9 Å². The number of carbonyl (C=O) groups is 2. The van der Waals surface area contributed by atoms with Gasteiger partial charge in [-0.2, -0.15) is 0 Å². The summed E-state index contributed by atoms with van der Waals surface area (Å²) in [6.45, 7) is 9.84. The Labute approximate surface area is 205 Å². The lowest BCUT2D eigenvalue weighted by Gasteiger charge is -2.34. The van der Waals surface area contributed by atoms with Gasteiger partial charge in [0.1, 0.15) is 5.69 Å². The number of nitrogens with zero attached hydrogens (tertiary/aromatic N) is 2. The summed E-state index contributed by atoms with van der Waals surface area (Å²) in [4.78, 5) is 46.9. The molecule has 1 aliphatic heterocycles. The first-order chi connectivity index (χ1) is 16.8. The zero-order valence-electron chi connectivity index (χ0n) is 20.6. The summed E-state index contributed by atoms with van der Waals surface area (Å²) >= 11 is 0. The molecule has 2 amide bonds. The number of anilines is 1. The van der Waals surface area contributed by atoms with Crippen LogP contribution < -0.4 is 16.2 Å². The molecule has 3 aromatic rings. The smallest absolute Gasteiger partial charge is 0.275 e. The summed E-state index contributed by atoms with van der Waals surface area (Å²) < 4.78 is 0. The molecule has 8 heteroatoms. The van der Waals surface area contributed by atoms with Crippen LogP contribution >= 0.6 is 0 Å². The highest BCUT2D eigenvalue weighted by molar-refractivity contribution is 5.98. The van der Waals surface area contributed by atoms with Crippen molar-refractivity contribution in [3.05, 3.63) is 58.4 Å². The molecule has 35 heavy (non-hydrogen) atoms. The molecule has 1 fully saturated rings. The Hall–Kier alpha value is -3.52. The molecule has 2 atom stereocenters. The van der Waals surface area contributed by atoms with Gasteiger partial charge in [0, 0.05) is 37.7 Å². The highest BCUT2D eigenvalue weighted by atomic mass is 16.2. The Morgan fingerprint density at radius 2 is 1.86 bits per heavy atom. The average Bonchev–Trinajstić information content (AvgIpc) is 2.80. The Morgan fingerprint density at radius 1 is 1.11 bits per heavy atom. The molecular formula is C27H33N5O3. The predicted molar refractivity (Wildman–Crippen MR) is 138 cm³/mol. The molecule has 2 heterocycles. The molecule has 0 aliphatic carbocycles. The standard InChI is InChI=1S/C27H33N5O3/c1-17-13-18(2)16-32(15-17)12-6-11-28-26(34)20-9-10-23-24(14-20)31-27(35)25(30-23)21-7-4-5-8-22(21)29-19(3)33/h4-5,7-10,14,17-18H,6,11-13,15-16H2,1-3H3,(H,28,34)(H,29,33)(H,31,35)/t17-,18+. The molecule has 0 bridgehead atoms. The molecule has 184 valence electrons. The Kier molecular flexibility index (Phi) is 7.60. The summed E-state index contributed by atoms with van der Waals surface area (Å²) in [6.07, 6.45) is 2.18. The topological polar surface area (TPSA) is 107 Å². The van der Waals surface area contributed by atoms with Gasteiger partial charge >= 0.3 is 0 Å². The molecule has 0 radical (unpaired) electrons. The van der Waals surface area contributed by atoms with E-state index in [2.05, 4.69) is 39.3 Å². The number of hydrogen-bond donors (Lipinski definition) is 3. The normalized spacial score (nSPS) is 18.4. The van der Waals surface area contributed by atoms with Gasteiger partial charge in [0.25, 0.3) is 11.5 Å². The summed E-state index contributed by atoms with van der Waals surface area (Å²) in [6, 6.07) is 12.1. The lowest BCUT2D eigenvalue weighted by Crippen LogP contribution is -2.40. The van der Waals surface area contributed by atoms with Crippen molar-refractivity contribution < 1.29 is 9.59 Å². The van der Waals surface area contributed by atoms with Gasteiger partial charge in [0.2, 0.25) is 5.91 Å². The quantitative estimate of drug-likeness (QED) is 0.452. The minimum Gasteiger partial charge on any atom is -0.352 e. The second-order valence-corrected chi connectivity index (χ2v) is 9.69. The van der Waals surface area contributed by atoms with Gasteiger partial charge in [0.05, 0.1) is 16.7 Å². The van der Waals surface area contributed by atoms with E-state index in [1.807, 2.05) is 0 Å². The number of hydrogen-bond acceptors (Lipinski definition) is 5. The Morgan fingerprint density at radius 3 is 2.60 bits per heavy atom. The molecule has 1 aliphatic rings. The van der Waals surface area contributed by atoms with Crippen molar-refractivity contribution in [3.63, 3.8) is 0 Å². The summed E-state index contributed by atoms with van der Waals surface area (Å²) in [5.74, 6) is 1.04.